The first-order valence-electron chi connectivity index (χ1n) is 2.76. The summed E-state index contributed by atoms with van der Waals surface area (Å²) >= 11 is 0.956. The van der Waals surface area contributed by atoms with Gasteiger partial charge < -0.3 is 0 Å². The molecule has 0 fully saturated rings. The van der Waals surface area contributed by atoms with Crippen LogP contribution < -0.4 is 5.14 Å². The van der Waals surface area contributed by atoms with E-state index in [0.717, 1.165) is 17.7 Å². The highest BCUT2D eigenvalue weighted by molar-refractivity contribution is 7.95. The summed E-state index contributed by atoms with van der Waals surface area (Å²) in [7, 11) is 0. The van der Waals surface area contributed by atoms with Crippen LogP contribution in [0, 0.1) is 5.92 Å². The average molecular weight is 144 g/mol. The molecule has 0 aromatic carbocycles. The van der Waals surface area contributed by atoms with Crippen molar-refractivity contribution in [1.82, 2.24) is 0 Å². The summed E-state index contributed by atoms with van der Waals surface area (Å²) in [5.74, 6) is 0.459. The number of nitrogens with two attached hydrogens (primary N) is 1. The lowest BCUT2D eigenvalue weighted by molar-refractivity contribution is 0.810. The smallest absolute Gasteiger partial charge is 0.0555 e. The van der Waals surface area contributed by atoms with Crippen molar-refractivity contribution in [3.63, 3.8) is 0 Å². The molecule has 0 aliphatic heterocycles. The van der Waals surface area contributed by atoms with Crippen molar-refractivity contribution in [3.8, 4) is 0 Å². The van der Waals surface area contributed by atoms with Crippen LogP contribution in [0.5, 0.6) is 0 Å². The van der Waals surface area contributed by atoms with Gasteiger partial charge in [-0.25, -0.2) is 4.40 Å². The zero-order valence-corrected chi connectivity index (χ0v) is 6.61. The molecule has 0 rings (SSSR count). The summed E-state index contributed by atoms with van der Waals surface area (Å²) < 4.78 is 3.76. The SMILES string of the molecule is C=C(C=NSN)C(C)C. The normalized spacial score (nSPS) is 11.1. The van der Waals surface area contributed by atoms with Crippen molar-refractivity contribution in [3.05, 3.63) is 12.2 Å². The van der Waals surface area contributed by atoms with Gasteiger partial charge in [-0.05, 0) is 11.5 Å². The fourth-order valence-corrected chi connectivity index (χ4v) is 0.443. The summed E-state index contributed by atoms with van der Waals surface area (Å²) in [6.45, 7) is 7.90. The minimum Gasteiger partial charge on any atom is -0.258 e. The van der Waals surface area contributed by atoms with Gasteiger partial charge >= 0.3 is 0 Å². The Labute approximate surface area is 60.5 Å². The van der Waals surface area contributed by atoms with E-state index < -0.39 is 0 Å². The van der Waals surface area contributed by atoms with Crippen LogP contribution in [0.2, 0.25) is 0 Å². The largest absolute Gasteiger partial charge is 0.258 e. The first kappa shape index (κ1) is 8.72. The van der Waals surface area contributed by atoms with E-state index in [4.69, 9.17) is 5.14 Å². The van der Waals surface area contributed by atoms with Crippen LogP contribution >= 0.6 is 12.1 Å². The highest BCUT2D eigenvalue weighted by Gasteiger charge is 1.93. The van der Waals surface area contributed by atoms with E-state index >= 15 is 0 Å². The maximum Gasteiger partial charge on any atom is 0.0555 e. The molecule has 0 aromatic rings. The predicted molar refractivity (Wildman–Crippen MR) is 44.2 cm³/mol. The first-order valence-corrected chi connectivity index (χ1v) is 3.60. The number of allylic oxidation sites excluding steroid dienone is 1. The standard InChI is InChI=1S/C6H12N2S/c1-5(2)6(3)4-8-9-7/h4-5H,3,7H2,1-2H3. The summed E-state index contributed by atoms with van der Waals surface area (Å²) in [6, 6.07) is 0. The lowest BCUT2D eigenvalue weighted by atomic mass is 10.1. The van der Waals surface area contributed by atoms with Gasteiger partial charge in [0.2, 0.25) is 0 Å². The molecule has 2 N–H and O–H groups in total. The van der Waals surface area contributed by atoms with E-state index in [2.05, 4.69) is 24.8 Å². The van der Waals surface area contributed by atoms with Crippen LogP contribution in [0.15, 0.2) is 16.5 Å². The highest BCUT2D eigenvalue weighted by atomic mass is 32.2. The Balaban J connectivity index is 3.63. The molecule has 0 saturated heterocycles. The van der Waals surface area contributed by atoms with Crippen LogP contribution in [0.1, 0.15) is 13.8 Å². The number of nitrogens with zero attached hydrogens (tertiary/aromatic N) is 1. The van der Waals surface area contributed by atoms with E-state index in [1.165, 1.54) is 0 Å². The second kappa shape index (κ2) is 4.58. The van der Waals surface area contributed by atoms with Gasteiger partial charge in [0.05, 0.1) is 12.1 Å². The van der Waals surface area contributed by atoms with Crippen molar-refractivity contribution >= 4 is 18.3 Å². The van der Waals surface area contributed by atoms with Crippen molar-refractivity contribution in [1.29, 1.82) is 0 Å². The summed E-state index contributed by atoms with van der Waals surface area (Å²) in [5, 5.41) is 5.05. The third kappa shape index (κ3) is 4.24. The van der Waals surface area contributed by atoms with Gasteiger partial charge in [-0.15, -0.1) is 0 Å². The van der Waals surface area contributed by atoms with Crippen LogP contribution in [0.25, 0.3) is 0 Å². The fourth-order valence-electron chi connectivity index (χ4n) is 0.247. The molecule has 0 bridgehead atoms. The topological polar surface area (TPSA) is 38.4 Å². The molecule has 0 heterocycles. The Morgan fingerprint density at radius 1 is 1.78 bits per heavy atom. The van der Waals surface area contributed by atoms with Crippen LogP contribution in [-0.2, 0) is 0 Å². The molecule has 0 atom stereocenters. The second-order valence-electron chi connectivity index (χ2n) is 2.07. The lowest BCUT2D eigenvalue weighted by Gasteiger charge is -1.99. The molecular weight excluding hydrogens is 132 g/mol. The molecule has 0 spiro atoms. The van der Waals surface area contributed by atoms with E-state index in [9.17, 15) is 0 Å². The molecule has 0 saturated carbocycles. The highest BCUT2D eigenvalue weighted by Crippen LogP contribution is 2.03. The van der Waals surface area contributed by atoms with E-state index in [-0.39, 0.29) is 0 Å². The molecule has 2 nitrogen and oxygen atoms in total. The van der Waals surface area contributed by atoms with Crippen LogP contribution in [-0.4, -0.2) is 6.21 Å². The van der Waals surface area contributed by atoms with Crippen molar-refractivity contribution in [2.45, 2.75) is 13.8 Å². The van der Waals surface area contributed by atoms with Gasteiger partial charge in [-0.1, -0.05) is 20.4 Å². The van der Waals surface area contributed by atoms with Gasteiger partial charge in [0.15, 0.2) is 0 Å². The average Bonchev–Trinajstić information content (AvgIpc) is 1.82. The Hall–Kier alpha value is -0.280. The zero-order chi connectivity index (χ0) is 7.28. The molecule has 0 amide bonds. The molecule has 0 unspecified atom stereocenters. The number of hydrogen-bond acceptors (Lipinski definition) is 3. The van der Waals surface area contributed by atoms with Gasteiger partial charge in [0, 0.05) is 6.21 Å². The molecular formula is C6H12N2S. The molecule has 52 valence electrons. The molecule has 9 heavy (non-hydrogen) atoms. The Bertz CT molecular complexity index is 118. The van der Waals surface area contributed by atoms with E-state index in [1.54, 1.807) is 6.21 Å². The molecule has 0 aliphatic carbocycles. The van der Waals surface area contributed by atoms with Crippen LogP contribution in [0.3, 0.4) is 0 Å². The number of rotatable bonds is 3. The Morgan fingerprint density at radius 3 is 2.67 bits per heavy atom. The van der Waals surface area contributed by atoms with Gasteiger partial charge in [-0.2, -0.15) is 0 Å². The van der Waals surface area contributed by atoms with E-state index in [0.29, 0.717) is 5.92 Å². The van der Waals surface area contributed by atoms with Crippen molar-refractivity contribution < 1.29 is 0 Å². The first-order chi connectivity index (χ1) is 4.18. The third-order valence-corrected chi connectivity index (χ3v) is 1.25. The maximum atomic E-state index is 5.05. The fraction of sp³-hybridized carbons (Fsp3) is 0.500. The molecule has 0 aromatic heterocycles. The van der Waals surface area contributed by atoms with Gasteiger partial charge in [0.25, 0.3) is 0 Å². The third-order valence-electron chi connectivity index (χ3n) is 1.02. The quantitative estimate of drug-likeness (QED) is 0.484. The second-order valence-corrected chi connectivity index (χ2v) is 2.49. The molecule has 0 aliphatic rings. The zero-order valence-electron chi connectivity index (χ0n) is 5.79. The van der Waals surface area contributed by atoms with Gasteiger partial charge in [0.1, 0.15) is 0 Å². The molecule has 3 heteroatoms. The van der Waals surface area contributed by atoms with Crippen LogP contribution in [0.4, 0.5) is 0 Å². The summed E-state index contributed by atoms with van der Waals surface area (Å²) in [5.41, 5.74) is 1.01. The summed E-state index contributed by atoms with van der Waals surface area (Å²) in [6.07, 6.45) is 1.69. The maximum absolute atomic E-state index is 5.05. The molecule has 0 radical (unpaired) electrons. The summed E-state index contributed by atoms with van der Waals surface area (Å²) in [4.78, 5) is 0. The predicted octanol–water partition coefficient (Wildman–Crippen LogP) is 1.79. The Morgan fingerprint density at radius 2 is 2.33 bits per heavy atom. The minimum absolute atomic E-state index is 0.459. The van der Waals surface area contributed by atoms with Crippen molar-refractivity contribution in [2.24, 2.45) is 15.5 Å². The number of hydrogen-bond donors (Lipinski definition) is 1. The Kier molecular flexibility index (Phi) is 4.44. The van der Waals surface area contributed by atoms with Crippen molar-refractivity contribution in [2.75, 3.05) is 0 Å². The van der Waals surface area contributed by atoms with Gasteiger partial charge in [-0.3, -0.25) is 5.14 Å². The van der Waals surface area contributed by atoms with E-state index in [1.807, 2.05) is 0 Å². The monoisotopic (exact) mass is 144 g/mol. The minimum atomic E-state index is 0.459. The lowest BCUT2D eigenvalue weighted by Crippen LogP contribution is -1.92.